The van der Waals surface area contributed by atoms with Crippen molar-refractivity contribution in [1.82, 2.24) is 10.2 Å². The van der Waals surface area contributed by atoms with E-state index in [1.165, 1.54) is 13.0 Å². The molecule has 16 heavy (non-hydrogen) atoms. The predicted molar refractivity (Wildman–Crippen MR) is 65.2 cm³/mol. The Balaban J connectivity index is 2.01. The molecule has 2 rings (SSSR count). The molecule has 1 N–H and O–H groups in total. The zero-order valence-electron chi connectivity index (χ0n) is 10.5. The van der Waals surface area contributed by atoms with E-state index >= 15 is 0 Å². The number of nitrogens with one attached hydrogen (secondary N) is 1. The summed E-state index contributed by atoms with van der Waals surface area (Å²) in [4.78, 5) is 2.52. The first-order valence-electron chi connectivity index (χ1n) is 6.06. The maximum atomic E-state index is 5.43. The number of hydrogen-bond acceptors (Lipinski definition) is 3. The van der Waals surface area contributed by atoms with Crippen LogP contribution in [0.4, 0.5) is 0 Å². The molecule has 0 saturated carbocycles. The number of furan rings is 1. The van der Waals surface area contributed by atoms with Gasteiger partial charge < -0.3 is 9.73 Å². The Morgan fingerprint density at radius 2 is 2.38 bits per heavy atom. The third-order valence-electron chi connectivity index (χ3n) is 3.94. The van der Waals surface area contributed by atoms with Gasteiger partial charge in [0.1, 0.15) is 5.76 Å². The monoisotopic (exact) mass is 222 g/mol. The molecule has 0 bridgehead atoms. The quantitative estimate of drug-likeness (QED) is 0.845. The van der Waals surface area contributed by atoms with Crippen LogP contribution in [0.25, 0.3) is 0 Å². The summed E-state index contributed by atoms with van der Waals surface area (Å²) >= 11 is 0. The third kappa shape index (κ3) is 2.15. The van der Waals surface area contributed by atoms with Crippen LogP contribution in [0.15, 0.2) is 22.8 Å². The summed E-state index contributed by atoms with van der Waals surface area (Å²) in [5.41, 5.74) is 0.260. The second kappa shape index (κ2) is 4.60. The van der Waals surface area contributed by atoms with Gasteiger partial charge in [-0.1, -0.05) is 0 Å². The van der Waals surface area contributed by atoms with E-state index in [1.807, 2.05) is 13.1 Å². The van der Waals surface area contributed by atoms with Crippen molar-refractivity contribution in [2.45, 2.75) is 32.4 Å². The van der Waals surface area contributed by atoms with Crippen LogP contribution in [0.1, 0.15) is 26.0 Å². The van der Waals surface area contributed by atoms with Crippen molar-refractivity contribution in [2.24, 2.45) is 5.92 Å². The van der Waals surface area contributed by atoms with Crippen molar-refractivity contribution < 1.29 is 4.42 Å². The van der Waals surface area contributed by atoms with E-state index in [2.05, 4.69) is 30.1 Å². The van der Waals surface area contributed by atoms with Crippen LogP contribution in [0, 0.1) is 5.92 Å². The molecule has 3 nitrogen and oxygen atoms in total. The maximum absolute atomic E-state index is 5.43. The molecule has 1 aliphatic heterocycles. The van der Waals surface area contributed by atoms with Crippen LogP contribution >= 0.6 is 0 Å². The molecule has 1 fully saturated rings. The van der Waals surface area contributed by atoms with Gasteiger partial charge in [0.2, 0.25) is 0 Å². The second-order valence-electron chi connectivity index (χ2n) is 5.20. The van der Waals surface area contributed by atoms with E-state index in [4.69, 9.17) is 4.42 Å². The summed E-state index contributed by atoms with van der Waals surface area (Å²) in [5.74, 6) is 1.80. The largest absolute Gasteiger partial charge is 0.468 e. The van der Waals surface area contributed by atoms with E-state index in [0.29, 0.717) is 0 Å². The summed E-state index contributed by atoms with van der Waals surface area (Å²) in [7, 11) is 2.03. The lowest BCUT2D eigenvalue weighted by molar-refractivity contribution is 0.121. The number of nitrogens with zero attached hydrogens (tertiary/aromatic N) is 1. The van der Waals surface area contributed by atoms with E-state index in [9.17, 15) is 0 Å². The van der Waals surface area contributed by atoms with Crippen molar-refractivity contribution >= 4 is 0 Å². The van der Waals surface area contributed by atoms with Gasteiger partial charge in [-0.15, -0.1) is 0 Å². The SMILES string of the molecule is CNCC1CCN(Cc2ccco2)C1(C)C. The Bertz CT molecular complexity index is 319. The third-order valence-corrected chi connectivity index (χ3v) is 3.94. The van der Waals surface area contributed by atoms with Gasteiger partial charge in [-0.25, -0.2) is 0 Å². The summed E-state index contributed by atoms with van der Waals surface area (Å²) < 4.78 is 5.43. The van der Waals surface area contributed by atoms with Gasteiger partial charge >= 0.3 is 0 Å². The molecular weight excluding hydrogens is 200 g/mol. The molecular formula is C13H22N2O. The Morgan fingerprint density at radius 3 is 3.00 bits per heavy atom. The molecule has 3 heteroatoms. The Hall–Kier alpha value is -0.800. The first-order chi connectivity index (χ1) is 7.64. The van der Waals surface area contributed by atoms with Gasteiger partial charge in [-0.3, -0.25) is 4.90 Å². The van der Waals surface area contributed by atoms with Gasteiger partial charge in [-0.05, 0) is 58.5 Å². The molecule has 0 aliphatic carbocycles. The van der Waals surface area contributed by atoms with Crippen LogP contribution in [0.2, 0.25) is 0 Å². The number of hydrogen-bond donors (Lipinski definition) is 1. The van der Waals surface area contributed by atoms with Crippen molar-refractivity contribution in [2.75, 3.05) is 20.1 Å². The normalized spacial score (nSPS) is 25.1. The highest BCUT2D eigenvalue weighted by atomic mass is 16.3. The van der Waals surface area contributed by atoms with E-state index in [-0.39, 0.29) is 5.54 Å². The fourth-order valence-corrected chi connectivity index (χ4v) is 2.68. The van der Waals surface area contributed by atoms with E-state index in [0.717, 1.165) is 24.8 Å². The molecule has 1 aromatic heterocycles. The van der Waals surface area contributed by atoms with E-state index in [1.54, 1.807) is 6.26 Å². The minimum absolute atomic E-state index is 0.260. The van der Waals surface area contributed by atoms with Gasteiger partial charge in [0.05, 0.1) is 12.8 Å². The Morgan fingerprint density at radius 1 is 1.56 bits per heavy atom. The van der Waals surface area contributed by atoms with Crippen LogP contribution < -0.4 is 5.32 Å². The van der Waals surface area contributed by atoms with Crippen molar-refractivity contribution in [3.05, 3.63) is 24.2 Å². The minimum Gasteiger partial charge on any atom is -0.468 e. The number of likely N-dealkylation sites (tertiary alicyclic amines) is 1. The van der Waals surface area contributed by atoms with Crippen LogP contribution in [-0.2, 0) is 6.54 Å². The van der Waals surface area contributed by atoms with Gasteiger partial charge in [0.15, 0.2) is 0 Å². The number of rotatable bonds is 4. The summed E-state index contributed by atoms with van der Waals surface area (Å²) in [6, 6.07) is 4.02. The lowest BCUT2D eigenvalue weighted by Crippen LogP contribution is -2.44. The molecule has 0 radical (unpaired) electrons. The zero-order chi connectivity index (χ0) is 11.6. The lowest BCUT2D eigenvalue weighted by atomic mass is 9.88. The maximum Gasteiger partial charge on any atom is 0.117 e. The predicted octanol–water partition coefficient (Wildman–Crippen LogP) is 2.10. The van der Waals surface area contributed by atoms with Crippen molar-refractivity contribution in [3.8, 4) is 0 Å². The second-order valence-corrected chi connectivity index (χ2v) is 5.20. The highest BCUT2D eigenvalue weighted by molar-refractivity contribution is 5.03. The fraction of sp³-hybridized carbons (Fsp3) is 0.692. The molecule has 1 aromatic rings. The molecule has 1 saturated heterocycles. The smallest absolute Gasteiger partial charge is 0.117 e. The summed E-state index contributed by atoms with van der Waals surface area (Å²) in [5, 5.41) is 3.29. The van der Waals surface area contributed by atoms with Gasteiger partial charge in [-0.2, -0.15) is 0 Å². The van der Waals surface area contributed by atoms with Crippen molar-refractivity contribution in [1.29, 1.82) is 0 Å². The van der Waals surface area contributed by atoms with Gasteiger partial charge in [0, 0.05) is 5.54 Å². The zero-order valence-corrected chi connectivity index (χ0v) is 10.5. The Kier molecular flexibility index (Phi) is 3.36. The lowest BCUT2D eigenvalue weighted by Gasteiger charge is -2.35. The summed E-state index contributed by atoms with van der Waals surface area (Å²) in [6.45, 7) is 7.87. The molecule has 0 spiro atoms. The molecule has 1 aliphatic rings. The van der Waals surface area contributed by atoms with Crippen LogP contribution in [0.3, 0.4) is 0 Å². The van der Waals surface area contributed by atoms with E-state index < -0.39 is 0 Å². The van der Waals surface area contributed by atoms with Crippen LogP contribution in [0.5, 0.6) is 0 Å². The molecule has 1 atom stereocenters. The minimum atomic E-state index is 0.260. The average Bonchev–Trinajstić information content (AvgIpc) is 2.82. The molecule has 0 amide bonds. The highest BCUT2D eigenvalue weighted by Gasteiger charge is 2.40. The standard InChI is InChI=1S/C13H22N2O/c1-13(2)11(9-14-3)6-7-15(13)10-12-5-4-8-16-12/h4-5,8,11,14H,6-7,9-10H2,1-3H3. The fourth-order valence-electron chi connectivity index (χ4n) is 2.68. The summed E-state index contributed by atoms with van der Waals surface area (Å²) in [6.07, 6.45) is 3.03. The topological polar surface area (TPSA) is 28.4 Å². The van der Waals surface area contributed by atoms with Gasteiger partial charge in [0.25, 0.3) is 0 Å². The first kappa shape index (κ1) is 11.7. The molecule has 1 unspecified atom stereocenters. The van der Waals surface area contributed by atoms with Crippen LogP contribution in [-0.4, -0.2) is 30.6 Å². The average molecular weight is 222 g/mol. The first-order valence-corrected chi connectivity index (χ1v) is 6.06. The molecule has 2 heterocycles. The highest BCUT2D eigenvalue weighted by Crippen LogP contribution is 2.35. The van der Waals surface area contributed by atoms with Crippen molar-refractivity contribution in [3.63, 3.8) is 0 Å². The molecule has 0 aromatic carbocycles. The Labute approximate surface area is 97.8 Å². The molecule has 90 valence electrons.